The van der Waals surface area contributed by atoms with Crippen LogP contribution in [-0.2, 0) is 0 Å². The van der Waals surface area contributed by atoms with Gasteiger partial charge in [-0.05, 0) is 40.1 Å². The quantitative estimate of drug-likeness (QED) is 0.213. The topological polar surface area (TPSA) is 75.9 Å². The van der Waals surface area contributed by atoms with Gasteiger partial charge in [-0.1, -0.05) is 115 Å². The number of nitrogens with zero attached hydrogens (tertiary/aromatic N) is 3. The number of rotatable bonds is 4. The van der Waals surface area contributed by atoms with E-state index < -0.39 is 0 Å². The summed E-state index contributed by atoms with van der Waals surface area (Å²) in [7, 11) is 0. The Morgan fingerprint density at radius 1 is 0.458 bits per heavy atom. The van der Waals surface area contributed by atoms with Gasteiger partial charge in [-0.3, -0.25) is 4.98 Å². The number of benzene rings is 6. The second kappa shape index (κ2) is 10.5. The number of furan rings is 2. The molecular formula is C42H26N4O2. The molecule has 1 atom stereocenters. The van der Waals surface area contributed by atoms with Gasteiger partial charge in [0.15, 0.2) is 11.4 Å². The summed E-state index contributed by atoms with van der Waals surface area (Å²) >= 11 is 0. The Hall–Kier alpha value is -6.53. The summed E-state index contributed by atoms with van der Waals surface area (Å²) in [4.78, 5) is 15.0. The number of hydrogen-bond acceptors (Lipinski definition) is 6. The van der Waals surface area contributed by atoms with Crippen LogP contribution in [0.4, 0.5) is 0 Å². The van der Waals surface area contributed by atoms with Gasteiger partial charge in [-0.25, -0.2) is 9.98 Å². The third kappa shape index (κ3) is 4.09. The minimum absolute atomic E-state index is 0.337. The molecule has 6 aromatic carbocycles. The molecule has 3 aromatic heterocycles. The predicted molar refractivity (Wildman–Crippen MR) is 194 cm³/mol. The molecule has 10 rings (SSSR count). The molecule has 0 aliphatic carbocycles. The van der Waals surface area contributed by atoms with Crippen LogP contribution in [0.15, 0.2) is 165 Å². The smallest absolute Gasteiger partial charge is 0.160 e. The molecule has 1 aliphatic heterocycles. The fourth-order valence-corrected chi connectivity index (χ4v) is 7.11. The van der Waals surface area contributed by atoms with Crippen LogP contribution >= 0.6 is 0 Å². The van der Waals surface area contributed by atoms with Gasteiger partial charge >= 0.3 is 0 Å². The minimum Gasteiger partial charge on any atom is -0.456 e. The van der Waals surface area contributed by atoms with Crippen molar-refractivity contribution < 1.29 is 8.83 Å². The van der Waals surface area contributed by atoms with E-state index in [-0.39, 0.29) is 6.17 Å². The number of aliphatic imine (C=N–C) groups is 2. The van der Waals surface area contributed by atoms with Crippen molar-refractivity contribution in [2.45, 2.75) is 6.17 Å². The van der Waals surface area contributed by atoms with Crippen molar-refractivity contribution in [1.82, 2.24) is 10.3 Å². The molecule has 0 spiro atoms. The zero-order valence-corrected chi connectivity index (χ0v) is 25.6. The Bertz CT molecular complexity index is 2770. The molecule has 4 heterocycles. The molecule has 226 valence electrons. The highest BCUT2D eigenvalue weighted by Gasteiger charge is 2.25. The summed E-state index contributed by atoms with van der Waals surface area (Å²) in [6, 6.07) is 45.5. The van der Waals surface area contributed by atoms with Gasteiger partial charge in [0.1, 0.15) is 28.8 Å². The van der Waals surface area contributed by atoms with E-state index in [1.54, 1.807) is 6.20 Å². The summed E-state index contributed by atoms with van der Waals surface area (Å²) in [6.45, 7) is 0. The zero-order chi connectivity index (χ0) is 31.6. The lowest BCUT2D eigenvalue weighted by Gasteiger charge is -2.24. The first-order valence-electron chi connectivity index (χ1n) is 16.0. The van der Waals surface area contributed by atoms with Gasteiger partial charge in [0.05, 0.1) is 6.20 Å². The van der Waals surface area contributed by atoms with Crippen molar-refractivity contribution in [1.29, 1.82) is 0 Å². The molecule has 1 aliphatic rings. The Labute approximate surface area is 274 Å². The molecular weight excluding hydrogens is 592 g/mol. The molecule has 6 heteroatoms. The first-order chi connectivity index (χ1) is 23.8. The molecule has 9 aromatic rings. The number of nitrogens with one attached hydrogen (secondary N) is 1. The van der Waals surface area contributed by atoms with E-state index in [0.717, 1.165) is 88.3 Å². The number of pyridine rings is 1. The van der Waals surface area contributed by atoms with Crippen molar-refractivity contribution in [2.24, 2.45) is 9.98 Å². The van der Waals surface area contributed by atoms with Crippen molar-refractivity contribution in [3.8, 4) is 11.1 Å². The highest BCUT2D eigenvalue weighted by atomic mass is 16.3. The first kappa shape index (κ1) is 26.7. The monoisotopic (exact) mass is 618 g/mol. The SMILES string of the molecule is c1ccc(C2N=C(c3cccc4oc5ccccc5c34)N=C(c3cccc4c(-c5cncc6oc7ccccc7c56)cccc34)N2)cc1. The Kier molecular flexibility index (Phi) is 5.84. The highest BCUT2D eigenvalue weighted by molar-refractivity contribution is 6.24. The standard InChI is InChI=1S/C42H26N4O2/c1-2-11-25(12-3-1)40-44-41(46-42(45-40)32-19-10-22-36-38(32)30-13-4-6-20-34(30)47-36)29-18-9-15-26-27(29)16-8-17-28(26)33-23-43-24-37-39(33)31-14-5-7-21-35(31)48-37/h1-24,40H,(H,44,45,46). The van der Waals surface area contributed by atoms with Crippen LogP contribution in [-0.4, -0.2) is 16.7 Å². The lowest BCUT2D eigenvalue weighted by atomic mass is 9.93. The summed E-state index contributed by atoms with van der Waals surface area (Å²) < 4.78 is 12.4. The van der Waals surface area contributed by atoms with Crippen LogP contribution in [0, 0.1) is 0 Å². The lowest BCUT2D eigenvalue weighted by Crippen LogP contribution is -2.33. The zero-order valence-electron chi connectivity index (χ0n) is 25.6. The summed E-state index contributed by atoms with van der Waals surface area (Å²) in [5, 5.41) is 10.0. The van der Waals surface area contributed by atoms with Crippen molar-refractivity contribution in [2.75, 3.05) is 0 Å². The average molecular weight is 619 g/mol. The molecule has 48 heavy (non-hydrogen) atoms. The van der Waals surface area contributed by atoms with Crippen LogP contribution in [0.3, 0.4) is 0 Å². The van der Waals surface area contributed by atoms with Crippen molar-refractivity contribution >= 4 is 66.3 Å². The van der Waals surface area contributed by atoms with Gasteiger partial charge in [0, 0.05) is 44.4 Å². The fraction of sp³-hybridized carbons (Fsp3) is 0.0238. The Balaban J connectivity index is 1.19. The molecule has 0 fully saturated rings. The molecule has 0 radical (unpaired) electrons. The van der Waals surface area contributed by atoms with Crippen LogP contribution in [0.25, 0.3) is 65.8 Å². The molecule has 0 saturated heterocycles. The van der Waals surface area contributed by atoms with E-state index in [0.29, 0.717) is 5.84 Å². The number of amidine groups is 2. The van der Waals surface area contributed by atoms with Gasteiger partial charge in [-0.2, -0.15) is 0 Å². The van der Waals surface area contributed by atoms with Gasteiger partial charge in [-0.15, -0.1) is 0 Å². The summed E-state index contributed by atoms with van der Waals surface area (Å²) in [5.74, 6) is 1.41. The van der Waals surface area contributed by atoms with E-state index in [9.17, 15) is 0 Å². The maximum atomic E-state index is 6.24. The van der Waals surface area contributed by atoms with Gasteiger partial charge in [0.25, 0.3) is 0 Å². The molecule has 0 amide bonds. The first-order valence-corrected chi connectivity index (χ1v) is 16.0. The maximum absolute atomic E-state index is 6.24. The average Bonchev–Trinajstić information content (AvgIpc) is 3.73. The number of hydrogen-bond donors (Lipinski definition) is 1. The molecule has 0 bridgehead atoms. The highest BCUT2D eigenvalue weighted by Crippen LogP contribution is 2.40. The van der Waals surface area contributed by atoms with Crippen LogP contribution in [0.2, 0.25) is 0 Å². The number of aromatic nitrogens is 1. The normalized spacial score (nSPS) is 14.9. The van der Waals surface area contributed by atoms with E-state index in [1.807, 2.05) is 72.9 Å². The van der Waals surface area contributed by atoms with E-state index >= 15 is 0 Å². The molecule has 1 unspecified atom stereocenters. The molecule has 1 N–H and O–H groups in total. The minimum atomic E-state index is -0.337. The van der Waals surface area contributed by atoms with Gasteiger partial charge < -0.3 is 14.2 Å². The largest absolute Gasteiger partial charge is 0.456 e. The summed E-state index contributed by atoms with van der Waals surface area (Å²) in [5.41, 5.74) is 8.36. The predicted octanol–water partition coefficient (Wildman–Crippen LogP) is 10.2. The molecule has 0 saturated carbocycles. The Morgan fingerprint density at radius 2 is 1.04 bits per heavy atom. The van der Waals surface area contributed by atoms with Crippen molar-refractivity contribution in [3.05, 3.63) is 163 Å². The third-order valence-corrected chi connectivity index (χ3v) is 9.26. The van der Waals surface area contributed by atoms with E-state index in [2.05, 4.69) is 77.0 Å². The van der Waals surface area contributed by atoms with Crippen molar-refractivity contribution in [3.63, 3.8) is 0 Å². The fourth-order valence-electron chi connectivity index (χ4n) is 7.11. The number of fused-ring (bicyclic) bond motifs is 7. The third-order valence-electron chi connectivity index (χ3n) is 9.26. The second-order valence-corrected chi connectivity index (χ2v) is 12.0. The summed E-state index contributed by atoms with van der Waals surface area (Å²) in [6.07, 6.45) is 3.40. The van der Waals surface area contributed by atoms with Crippen LogP contribution in [0.5, 0.6) is 0 Å². The van der Waals surface area contributed by atoms with Crippen LogP contribution in [0.1, 0.15) is 22.9 Å². The van der Waals surface area contributed by atoms with E-state index in [4.69, 9.17) is 18.8 Å². The molecule has 6 nitrogen and oxygen atoms in total. The lowest BCUT2D eigenvalue weighted by molar-refractivity contribution is 0.667. The van der Waals surface area contributed by atoms with E-state index in [1.165, 1.54) is 0 Å². The number of para-hydroxylation sites is 2. The maximum Gasteiger partial charge on any atom is 0.160 e. The second-order valence-electron chi connectivity index (χ2n) is 12.0. The Morgan fingerprint density at radius 3 is 1.83 bits per heavy atom. The van der Waals surface area contributed by atoms with Crippen LogP contribution < -0.4 is 5.32 Å². The van der Waals surface area contributed by atoms with Gasteiger partial charge in [0.2, 0.25) is 0 Å².